The fourth-order valence-electron chi connectivity index (χ4n) is 3.77. The number of nitrogens with zero attached hydrogens (tertiary/aromatic N) is 3. The molecule has 12 heteroatoms. The van der Waals surface area contributed by atoms with Crippen LogP contribution >= 0.6 is 0 Å². The quantitative estimate of drug-likeness (QED) is 0.163. The number of terminal acetylenes is 1. The van der Waals surface area contributed by atoms with E-state index >= 15 is 0 Å². The van der Waals surface area contributed by atoms with Crippen LogP contribution in [-0.2, 0) is 4.79 Å². The van der Waals surface area contributed by atoms with Crippen LogP contribution in [0, 0.1) is 38.5 Å². The fraction of sp³-hybridized carbons (Fsp3) is 0.222. The highest BCUT2D eigenvalue weighted by Crippen LogP contribution is 2.27. The molecule has 0 unspecified atom stereocenters. The SMILES string of the molecule is C#CCOc1ccc2ccccc2c1/C=N\NC(=O)[C@H](CC(C)C)NC(=O)c1cc([N+](=O)[O-])cc([N+](=O)[O-])c1. The van der Waals surface area contributed by atoms with Crippen molar-refractivity contribution in [2.24, 2.45) is 11.0 Å². The van der Waals surface area contributed by atoms with E-state index in [1.165, 1.54) is 6.21 Å². The Hall–Kier alpha value is -5.31. The number of amides is 2. The van der Waals surface area contributed by atoms with Gasteiger partial charge in [0.1, 0.15) is 18.4 Å². The van der Waals surface area contributed by atoms with Crippen molar-refractivity contribution >= 4 is 40.2 Å². The molecule has 0 aliphatic heterocycles. The highest BCUT2D eigenvalue weighted by atomic mass is 16.6. The topological polar surface area (TPSA) is 166 Å². The minimum Gasteiger partial charge on any atom is -0.480 e. The van der Waals surface area contributed by atoms with Crippen LogP contribution in [0.3, 0.4) is 0 Å². The van der Waals surface area contributed by atoms with E-state index in [4.69, 9.17) is 11.2 Å². The zero-order valence-corrected chi connectivity index (χ0v) is 21.1. The molecule has 3 aromatic carbocycles. The average molecular weight is 532 g/mol. The number of nitro benzene ring substituents is 2. The third-order valence-corrected chi connectivity index (χ3v) is 5.53. The predicted octanol–water partition coefficient (Wildman–Crippen LogP) is 3.96. The highest BCUT2D eigenvalue weighted by Gasteiger charge is 2.25. The van der Waals surface area contributed by atoms with Gasteiger partial charge in [-0.3, -0.25) is 29.8 Å². The summed E-state index contributed by atoms with van der Waals surface area (Å²) in [4.78, 5) is 46.5. The zero-order chi connectivity index (χ0) is 28.5. The van der Waals surface area contributed by atoms with E-state index in [2.05, 4.69) is 21.8 Å². The first kappa shape index (κ1) is 28.3. The number of carbonyl (C=O) groups excluding carboxylic acids is 2. The van der Waals surface area contributed by atoms with Gasteiger partial charge in [-0.05, 0) is 29.2 Å². The second kappa shape index (κ2) is 12.8. The van der Waals surface area contributed by atoms with Crippen molar-refractivity contribution in [2.75, 3.05) is 6.61 Å². The Kier molecular flexibility index (Phi) is 9.26. The van der Waals surface area contributed by atoms with Crippen molar-refractivity contribution < 1.29 is 24.2 Å². The van der Waals surface area contributed by atoms with Crippen LogP contribution in [-0.4, -0.2) is 40.5 Å². The lowest BCUT2D eigenvalue weighted by atomic mass is 10.0. The van der Waals surface area contributed by atoms with Crippen LogP contribution in [0.25, 0.3) is 10.8 Å². The van der Waals surface area contributed by atoms with Gasteiger partial charge in [-0.15, -0.1) is 6.42 Å². The van der Waals surface area contributed by atoms with Crippen LogP contribution in [0.5, 0.6) is 5.75 Å². The van der Waals surface area contributed by atoms with E-state index in [-0.39, 0.29) is 24.5 Å². The van der Waals surface area contributed by atoms with Gasteiger partial charge in [0.2, 0.25) is 0 Å². The molecule has 0 bridgehead atoms. The van der Waals surface area contributed by atoms with Gasteiger partial charge in [0.25, 0.3) is 23.2 Å². The van der Waals surface area contributed by atoms with E-state index in [1.54, 1.807) is 6.07 Å². The highest BCUT2D eigenvalue weighted by molar-refractivity contribution is 6.03. The molecule has 0 heterocycles. The first-order valence-electron chi connectivity index (χ1n) is 11.8. The maximum absolute atomic E-state index is 13.0. The lowest BCUT2D eigenvalue weighted by molar-refractivity contribution is -0.394. The molecule has 200 valence electrons. The molecule has 39 heavy (non-hydrogen) atoms. The van der Waals surface area contributed by atoms with Crippen molar-refractivity contribution in [2.45, 2.75) is 26.3 Å². The number of nitrogens with one attached hydrogen (secondary N) is 2. The summed E-state index contributed by atoms with van der Waals surface area (Å²) in [7, 11) is 0. The second-order valence-corrected chi connectivity index (χ2v) is 8.83. The first-order chi connectivity index (χ1) is 18.6. The first-order valence-corrected chi connectivity index (χ1v) is 11.8. The predicted molar refractivity (Wildman–Crippen MR) is 144 cm³/mol. The molecule has 0 radical (unpaired) electrons. The Bertz CT molecular complexity index is 1460. The van der Waals surface area contributed by atoms with E-state index in [0.717, 1.165) is 29.0 Å². The minimum atomic E-state index is -1.09. The summed E-state index contributed by atoms with van der Waals surface area (Å²) in [5.74, 6) is 1.29. The van der Waals surface area contributed by atoms with Crippen LogP contribution in [0.15, 0.2) is 59.7 Å². The molecule has 0 spiro atoms. The summed E-state index contributed by atoms with van der Waals surface area (Å²) in [5.41, 5.74) is 1.41. The molecule has 2 N–H and O–H groups in total. The number of fused-ring (bicyclic) bond motifs is 1. The molecule has 0 fully saturated rings. The van der Waals surface area contributed by atoms with E-state index in [1.807, 2.05) is 44.2 Å². The molecule has 2 amide bonds. The maximum atomic E-state index is 13.0. The molecule has 0 aliphatic carbocycles. The number of benzene rings is 3. The van der Waals surface area contributed by atoms with Crippen LogP contribution < -0.4 is 15.5 Å². The third kappa shape index (κ3) is 7.36. The molecular formula is C27H25N5O7. The molecule has 0 saturated heterocycles. The monoisotopic (exact) mass is 531 g/mol. The van der Waals surface area contributed by atoms with Gasteiger partial charge in [-0.2, -0.15) is 5.10 Å². The Morgan fingerprint density at radius 3 is 2.36 bits per heavy atom. The minimum absolute atomic E-state index is 0.0316. The van der Waals surface area contributed by atoms with Gasteiger partial charge in [-0.1, -0.05) is 50.1 Å². The van der Waals surface area contributed by atoms with Crippen molar-refractivity contribution in [3.05, 3.63) is 86.0 Å². The maximum Gasteiger partial charge on any atom is 0.277 e. The standard InChI is InChI=1S/C27H25N5O7/c1-4-11-39-25-10-9-18-7-5-6-8-22(18)23(25)16-28-30-27(34)24(12-17(2)3)29-26(33)19-13-20(31(35)36)15-21(14-19)32(37)38/h1,5-10,13-17,24H,11-12H2,2-3H3,(H,29,33)(H,30,34)/b28-16-/t24-/m0/s1. The van der Waals surface area contributed by atoms with Crippen LogP contribution in [0.1, 0.15) is 36.2 Å². The van der Waals surface area contributed by atoms with Crippen molar-refractivity contribution in [1.82, 2.24) is 10.7 Å². The van der Waals surface area contributed by atoms with Gasteiger partial charge >= 0.3 is 0 Å². The van der Waals surface area contributed by atoms with E-state index < -0.39 is 39.1 Å². The lowest BCUT2D eigenvalue weighted by Crippen LogP contribution is -2.46. The van der Waals surface area contributed by atoms with Gasteiger partial charge < -0.3 is 10.1 Å². The molecule has 0 saturated carbocycles. The molecule has 0 aromatic heterocycles. The van der Waals surface area contributed by atoms with Crippen molar-refractivity contribution in [1.29, 1.82) is 0 Å². The molecular weight excluding hydrogens is 506 g/mol. The Labute approximate surface area is 223 Å². The second-order valence-electron chi connectivity index (χ2n) is 8.83. The molecule has 3 aromatic rings. The number of ether oxygens (including phenoxy) is 1. The Morgan fingerprint density at radius 2 is 1.74 bits per heavy atom. The third-order valence-electron chi connectivity index (χ3n) is 5.53. The zero-order valence-electron chi connectivity index (χ0n) is 21.1. The number of hydrazone groups is 1. The van der Waals surface area contributed by atoms with Crippen LogP contribution in [0.4, 0.5) is 11.4 Å². The molecule has 0 aliphatic rings. The number of hydrogen-bond donors (Lipinski definition) is 2. The summed E-state index contributed by atoms with van der Waals surface area (Å²) in [5, 5.41) is 30.6. The Morgan fingerprint density at radius 1 is 1.08 bits per heavy atom. The number of carbonyl (C=O) groups is 2. The van der Waals surface area contributed by atoms with Crippen molar-refractivity contribution in [3.8, 4) is 18.1 Å². The summed E-state index contributed by atoms with van der Waals surface area (Å²) in [6, 6.07) is 12.6. The van der Waals surface area contributed by atoms with Gasteiger partial charge in [0.15, 0.2) is 0 Å². The van der Waals surface area contributed by atoms with Crippen LogP contribution in [0.2, 0.25) is 0 Å². The number of rotatable bonds is 11. The fourth-order valence-corrected chi connectivity index (χ4v) is 3.77. The molecule has 1 atom stereocenters. The number of non-ortho nitro benzene ring substituents is 2. The van der Waals surface area contributed by atoms with E-state index in [0.29, 0.717) is 11.3 Å². The average Bonchev–Trinajstić information content (AvgIpc) is 2.91. The summed E-state index contributed by atoms with van der Waals surface area (Å²) in [6.45, 7) is 3.70. The Balaban J connectivity index is 1.84. The number of nitro groups is 2. The normalized spacial score (nSPS) is 11.6. The van der Waals surface area contributed by atoms with Crippen molar-refractivity contribution in [3.63, 3.8) is 0 Å². The number of hydrogen-bond acceptors (Lipinski definition) is 8. The summed E-state index contributed by atoms with van der Waals surface area (Å²) < 4.78 is 5.61. The lowest BCUT2D eigenvalue weighted by Gasteiger charge is -2.19. The summed E-state index contributed by atoms with van der Waals surface area (Å²) in [6.07, 6.45) is 6.92. The molecule has 12 nitrogen and oxygen atoms in total. The van der Waals surface area contributed by atoms with Gasteiger partial charge in [0, 0.05) is 17.7 Å². The van der Waals surface area contributed by atoms with Gasteiger partial charge in [0.05, 0.1) is 27.7 Å². The smallest absolute Gasteiger partial charge is 0.277 e. The summed E-state index contributed by atoms with van der Waals surface area (Å²) >= 11 is 0. The largest absolute Gasteiger partial charge is 0.480 e. The van der Waals surface area contributed by atoms with Gasteiger partial charge in [-0.25, -0.2) is 5.43 Å². The molecule has 3 rings (SSSR count). The van der Waals surface area contributed by atoms with E-state index in [9.17, 15) is 29.8 Å².